The van der Waals surface area contributed by atoms with E-state index in [4.69, 9.17) is 10.2 Å². The maximum Gasteiger partial charge on any atom is 0.321 e. The molecule has 0 heterocycles. The highest BCUT2D eigenvalue weighted by molar-refractivity contribution is 6.03. The fraction of sp³-hybridized carbons (Fsp3) is 0.667. The molecule has 0 spiro atoms. The molecule has 0 aliphatic carbocycles. The van der Waals surface area contributed by atoms with Crippen molar-refractivity contribution in [3.05, 3.63) is 0 Å². The van der Waals surface area contributed by atoms with E-state index in [-0.39, 0.29) is 12.2 Å². The van der Waals surface area contributed by atoms with Crippen LogP contribution in [0.15, 0.2) is 0 Å². The van der Waals surface area contributed by atoms with Gasteiger partial charge in [0.1, 0.15) is 5.78 Å². The van der Waals surface area contributed by atoms with Gasteiger partial charge in [-0.05, 0) is 6.92 Å². The van der Waals surface area contributed by atoms with Gasteiger partial charge < -0.3 is 10.2 Å². The minimum atomic E-state index is -2.03. The Hall–Kier alpha value is -1.39. The Morgan fingerprint density at radius 1 is 1.21 bits per heavy atom. The van der Waals surface area contributed by atoms with Crippen molar-refractivity contribution in [3.8, 4) is 0 Å². The van der Waals surface area contributed by atoms with E-state index in [2.05, 4.69) is 0 Å². The smallest absolute Gasteiger partial charge is 0.321 e. The number of carboxylic acid groups (broad SMARTS) is 2. The summed E-state index contributed by atoms with van der Waals surface area (Å²) in [5.74, 6) is -4.36. The van der Waals surface area contributed by atoms with Gasteiger partial charge in [0.15, 0.2) is 5.41 Å². The molecule has 5 nitrogen and oxygen atoms in total. The van der Waals surface area contributed by atoms with E-state index in [1.54, 1.807) is 6.92 Å². The molecule has 1 atom stereocenters. The third kappa shape index (κ3) is 1.92. The molecule has 1 unspecified atom stereocenters. The van der Waals surface area contributed by atoms with Crippen LogP contribution in [0.4, 0.5) is 0 Å². The molecule has 0 saturated heterocycles. The Balaban J connectivity index is 5.12. The Labute approximate surface area is 81.7 Å². The van der Waals surface area contributed by atoms with Crippen LogP contribution in [0.3, 0.4) is 0 Å². The maximum atomic E-state index is 11.2. The first-order chi connectivity index (χ1) is 6.28. The molecule has 0 bridgehead atoms. The van der Waals surface area contributed by atoms with Crippen LogP contribution in [-0.2, 0) is 14.4 Å². The lowest BCUT2D eigenvalue weighted by molar-refractivity contribution is -0.169. The first kappa shape index (κ1) is 12.6. The fourth-order valence-corrected chi connectivity index (χ4v) is 1.09. The van der Waals surface area contributed by atoms with Crippen LogP contribution in [0.1, 0.15) is 27.2 Å². The lowest BCUT2D eigenvalue weighted by Crippen LogP contribution is -2.45. The second-order valence-electron chi connectivity index (χ2n) is 3.35. The molecule has 0 amide bonds. The van der Waals surface area contributed by atoms with Gasteiger partial charge in [-0.15, -0.1) is 0 Å². The Morgan fingerprint density at radius 2 is 1.57 bits per heavy atom. The number of rotatable bonds is 5. The summed E-state index contributed by atoms with van der Waals surface area (Å²) < 4.78 is 0. The molecule has 0 aromatic heterocycles. The zero-order valence-electron chi connectivity index (χ0n) is 8.40. The third-order valence-electron chi connectivity index (χ3n) is 2.59. The van der Waals surface area contributed by atoms with Crippen molar-refractivity contribution >= 4 is 17.7 Å². The third-order valence-corrected chi connectivity index (χ3v) is 2.59. The molecule has 0 radical (unpaired) electrons. The first-order valence-electron chi connectivity index (χ1n) is 4.27. The molecule has 2 N–H and O–H groups in total. The highest BCUT2D eigenvalue weighted by Gasteiger charge is 2.49. The minimum absolute atomic E-state index is 0.136. The van der Waals surface area contributed by atoms with Gasteiger partial charge in [0.05, 0.1) is 0 Å². The molecular formula is C9H14O5. The molecule has 5 heteroatoms. The number of aliphatic carboxylic acids is 2. The molecule has 0 aromatic rings. The van der Waals surface area contributed by atoms with Gasteiger partial charge in [0.2, 0.25) is 0 Å². The number of carbonyl (C=O) groups excluding carboxylic acids is 1. The molecule has 14 heavy (non-hydrogen) atoms. The summed E-state index contributed by atoms with van der Waals surface area (Å²) in [7, 11) is 0. The van der Waals surface area contributed by atoms with Gasteiger partial charge in [-0.1, -0.05) is 13.8 Å². The zero-order valence-corrected chi connectivity index (χ0v) is 8.40. The quantitative estimate of drug-likeness (QED) is 0.642. The largest absolute Gasteiger partial charge is 0.480 e. The summed E-state index contributed by atoms with van der Waals surface area (Å²) in [6.07, 6.45) is 0.136. The molecule has 0 aliphatic heterocycles. The van der Waals surface area contributed by atoms with Crippen molar-refractivity contribution in [1.82, 2.24) is 0 Å². The van der Waals surface area contributed by atoms with E-state index in [9.17, 15) is 14.4 Å². The number of carboxylic acids is 2. The van der Waals surface area contributed by atoms with Crippen LogP contribution < -0.4 is 0 Å². The van der Waals surface area contributed by atoms with Crippen LogP contribution in [0, 0.1) is 11.3 Å². The molecular weight excluding hydrogens is 188 g/mol. The average molecular weight is 202 g/mol. The van der Waals surface area contributed by atoms with Gasteiger partial charge in [0.25, 0.3) is 0 Å². The molecule has 0 rings (SSSR count). The minimum Gasteiger partial charge on any atom is -0.480 e. The van der Waals surface area contributed by atoms with E-state index >= 15 is 0 Å². The van der Waals surface area contributed by atoms with Crippen molar-refractivity contribution < 1.29 is 24.6 Å². The van der Waals surface area contributed by atoms with Gasteiger partial charge in [0, 0.05) is 12.3 Å². The lowest BCUT2D eigenvalue weighted by Gasteiger charge is -2.25. The molecule has 0 aliphatic rings. The Kier molecular flexibility index (Phi) is 3.80. The standard InChI is InChI=1S/C9H14O5/c1-4-6(10)5(2)9(3,7(11)12)8(13)14/h5H,4H2,1-3H3,(H,11,12)(H,13,14). The maximum absolute atomic E-state index is 11.2. The van der Waals surface area contributed by atoms with E-state index in [1.807, 2.05) is 0 Å². The van der Waals surface area contributed by atoms with Crippen molar-refractivity contribution in [2.24, 2.45) is 11.3 Å². The number of Topliss-reactive ketones (excluding diaryl/α,β-unsaturated/α-hetero) is 1. The van der Waals surface area contributed by atoms with Crippen molar-refractivity contribution in [2.75, 3.05) is 0 Å². The highest BCUT2D eigenvalue weighted by atomic mass is 16.4. The SMILES string of the molecule is CCC(=O)C(C)C(C)(C(=O)O)C(=O)O. The van der Waals surface area contributed by atoms with Gasteiger partial charge >= 0.3 is 11.9 Å². The molecule has 0 saturated carbocycles. The predicted octanol–water partition coefficient (Wildman–Crippen LogP) is 0.777. The van der Waals surface area contributed by atoms with Gasteiger partial charge in [-0.25, -0.2) is 0 Å². The number of hydrogen-bond donors (Lipinski definition) is 2. The monoisotopic (exact) mass is 202 g/mol. The van der Waals surface area contributed by atoms with Crippen LogP contribution in [-0.4, -0.2) is 27.9 Å². The number of hydrogen-bond acceptors (Lipinski definition) is 3. The topological polar surface area (TPSA) is 91.7 Å². The van der Waals surface area contributed by atoms with Crippen LogP contribution in [0.2, 0.25) is 0 Å². The fourth-order valence-electron chi connectivity index (χ4n) is 1.09. The molecule has 0 fully saturated rings. The lowest BCUT2D eigenvalue weighted by atomic mass is 9.75. The summed E-state index contributed by atoms with van der Waals surface area (Å²) in [5, 5.41) is 17.6. The Morgan fingerprint density at radius 3 is 1.79 bits per heavy atom. The van der Waals surface area contributed by atoms with Gasteiger partial charge in [-0.3, -0.25) is 14.4 Å². The summed E-state index contributed by atoms with van der Waals surface area (Å²) in [4.78, 5) is 32.8. The summed E-state index contributed by atoms with van der Waals surface area (Å²) in [6.45, 7) is 3.95. The molecule has 80 valence electrons. The Bertz CT molecular complexity index is 254. The van der Waals surface area contributed by atoms with Crippen LogP contribution in [0.25, 0.3) is 0 Å². The highest BCUT2D eigenvalue weighted by Crippen LogP contribution is 2.29. The second-order valence-corrected chi connectivity index (χ2v) is 3.35. The van der Waals surface area contributed by atoms with E-state index in [0.717, 1.165) is 6.92 Å². The average Bonchev–Trinajstić information content (AvgIpc) is 2.13. The zero-order chi connectivity index (χ0) is 11.5. The summed E-state index contributed by atoms with van der Waals surface area (Å²) in [6, 6.07) is 0. The number of ketones is 1. The van der Waals surface area contributed by atoms with Gasteiger partial charge in [-0.2, -0.15) is 0 Å². The second kappa shape index (κ2) is 4.21. The van der Waals surface area contributed by atoms with Crippen molar-refractivity contribution in [1.29, 1.82) is 0 Å². The predicted molar refractivity (Wildman–Crippen MR) is 47.8 cm³/mol. The van der Waals surface area contributed by atoms with Crippen LogP contribution >= 0.6 is 0 Å². The van der Waals surface area contributed by atoms with E-state index < -0.39 is 23.3 Å². The van der Waals surface area contributed by atoms with E-state index in [0.29, 0.717) is 0 Å². The normalized spacial score (nSPS) is 13.4. The molecule has 0 aromatic carbocycles. The van der Waals surface area contributed by atoms with E-state index in [1.165, 1.54) is 6.92 Å². The van der Waals surface area contributed by atoms with Crippen molar-refractivity contribution in [2.45, 2.75) is 27.2 Å². The first-order valence-corrected chi connectivity index (χ1v) is 4.27. The van der Waals surface area contributed by atoms with Crippen molar-refractivity contribution in [3.63, 3.8) is 0 Å². The number of carbonyl (C=O) groups is 3. The summed E-state index contributed by atoms with van der Waals surface area (Å²) in [5.41, 5.74) is -2.03. The van der Waals surface area contributed by atoms with Crippen LogP contribution in [0.5, 0.6) is 0 Å². The summed E-state index contributed by atoms with van der Waals surface area (Å²) >= 11 is 0.